The molecule has 3 aromatic rings. The SMILES string of the molecule is CC(C)[C@@H]1CC[C@H](C)C[C@H]1OC(=O)c1ccccc1NC(=O)COC(=O)c1cccnc1SCC(=O)Nc1ccc2c(c1)OCO2. The van der Waals surface area contributed by atoms with Crippen LogP contribution in [0, 0.1) is 17.8 Å². The van der Waals surface area contributed by atoms with Gasteiger partial charge in [0.2, 0.25) is 12.7 Å². The fourth-order valence-corrected chi connectivity index (χ4v) is 6.37. The molecule has 1 fully saturated rings. The van der Waals surface area contributed by atoms with Gasteiger partial charge in [-0.2, -0.15) is 0 Å². The molecule has 0 unspecified atom stereocenters. The van der Waals surface area contributed by atoms with E-state index in [9.17, 15) is 19.2 Å². The van der Waals surface area contributed by atoms with Crippen LogP contribution in [0.4, 0.5) is 11.4 Å². The molecule has 1 aliphatic carbocycles. The minimum absolute atomic E-state index is 0.0310. The van der Waals surface area contributed by atoms with Crippen molar-refractivity contribution in [3.63, 3.8) is 0 Å². The van der Waals surface area contributed by atoms with Gasteiger partial charge in [0.1, 0.15) is 11.1 Å². The smallest absolute Gasteiger partial charge is 0.341 e. The number of thioether (sulfide) groups is 1. The number of amides is 2. The number of nitrogens with zero attached hydrogens (tertiary/aromatic N) is 1. The van der Waals surface area contributed by atoms with Gasteiger partial charge in [-0.1, -0.05) is 51.1 Å². The lowest BCUT2D eigenvalue weighted by atomic mass is 9.75. The van der Waals surface area contributed by atoms with E-state index in [1.807, 2.05) is 0 Å². The summed E-state index contributed by atoms with van der Waals surface area (Å²) in [5.74, 6) is 0.0249. The molecule has 3 atom stereocenters. The van der Waals surface area contributed by atoms with Crippen LogP contribution < -0.4 is 20.1 Å². The van der Waals surface area contributed by atoms with Gasteiger partial charge in [0.15, 0.2) is 18.1 Å². The standard InChI is InChI=1S/C34H37N3O8S/c1-20(2)23-12-10-21(3)15-28(23)45-34(41)24-7-4-5-9-26(24)37-30(38)17-42-33(40)25-8-6-14-35-32(25)46-18-31(39)36-22-11-13-27-29(16-22)44-19-43-27/h4-9,11,13-14,16,20-21,23,28H,10,12,15,17-19H2,1-3H3,(H,36,39)(H,37,38)/t21-,23-,28+/m0/s1. The maximum atomic E-state index is 13.2. The second-order valence-electron chi connectivity index (χ2n) is 11.7. The van der Waals surface area contributed by atoms with Crippen LogP contribution in [0.2, 0.25) is 0 Å². The predicted octanol–water partition coefficient (Wildman–Crippen LogP) is 5.95. The van der Waals surface area contributed by atoms with Gasteiger partial charge < -0.3 is 29.6 Å². The second-order valence-corrected chi connectivity index (χ2v) is 12.7. The Morgan fingerprint density at radius 2 is 1.72 bits per heavy atom. The molecule has 11 nitrogen and oxygen atoms in total. The predicted molar refractivity (Wildman–Crippen MR) is 172 cm³/mol. The van der Waals surface area contributed by atoms with Gasteiger partial charge in [-0.3, -0.25) is 9.59 Å². The summed E-state index contributed by atoms with van der Waals surface area (Å²) >= 11 is 1.05. The van der Waals surface area contributed by atoms with E-state index < -0.39 is 24.5 Å². The van der Waals surface area contributed by atoms with Crippen molar-refractivity contribution in [3.8, 4) is 11.5 Å². The van der Waals surface area contributed by atoms with E-state index in [4.69, 9.17) is 18.9 Å². The number of ether oxygens (including phenoxy) is 4. The Morgan fingerprint density at radius 1 is 0.935 bits per heavy atom. The van der Waals surface area contributed by atoms with E-state index in [-0.39, 0.29) is 52.3 Å². The molecule has 0 spiro atoms. The van der Waals surface area contributed by atoms with E-state index >= 15 is 0 Å². The van der Waals surface area contributed by atoms with Crippen molar-refractivity contribution in [1.29, 1.82) is 0 Å². The number of para-hydroxylation sites is 1. The number of hydrogen-bond donors (Lipinski definition) is 2. The first-order valence-corrected chi connectivity index (χ1v) is 16.2. The molecule has 0 radical (unpaired) electrons. The molecule has 5 rings (SSSR count). The number of fused-ring (bicyclic) bond motifs is 1. The number of carbonyl (C=O) groups is 4. The van der Waals surface area contributed by atoms with E-state index in [0.29, 0.717) is 29.0 Å². The third-order valence-corrected chi connectivity index (χ3v) is 8.97. The molecule has 1 aliphatic heterocycles. The van der Waals surface area contributed by atoms with Crippen molar-refractivity contribution in [2.45, 2.75) is 51.2 Å². The van der Waals surface area contributed by atoms with E-state index in [0.717, 1.165) is 31.0 Å². The molecule has 2 N–H and O–H groups in total. The highest BCUT2D eigenvalue weighted by molar-refractivity contribution is 8.00. The molecule has 0 saturated heterocycles. The zero-order valence-corrected chi connectivity index (χ0v) is 26.8. The molecule has 1 aromatic heterocycles. The van der Waals surface area contributed by atoms with Crippen LogP contribution >= 0.6 is 11.8 Å². The lowest BCUT2D eigenvalue weighted by Gasteiger charge is -2.36. The summed E-state index contributed by atoms with van der Waals surface area (Å²) in [7, 11) is 0. The molecule has 2 heterocycles. The van der Waals surface area contributed by atoms with Crippen LogP contribution in [0.1, 0.15) is 60.7 Å². The van der Waals surface area contributed by atoms with Gasteiger partial charge in [0.25, 0.3) is 5.91 Å². The first kappa shape index (κ1) is 32.8. The van der Waals surface area contributed by atoms with Crippen LogP contribution in [0.25, 0.3) is 0 Å². The Labute approximate surface area is 271 Å². The molecular formula is C34H37N3O8S. The van der Waals surface area contributed by atoms with Gasteiger partial charge in [0, 0.05) is 18.0 Å². The monoisotopic (exact) mass is 647 g/mol. The third kappa shape index (κ3) is 8.36. The molecule has 0 bridgehead atoms. The summed E-state index contributed by atoms with van der Waals surface area (Å²) in [6.45, 7) is 5.98. The van der Waals surface area contributed by atoms with Gasteiger partial charge in [-0.25, -0.2) is 14.6 Å². The first-order chi connectivity index (χ1) is 22.2. The lowest BCUT2D eigenvalue weighted by Crippen LogP contribution is -2.36. The minimum atomic E-state index is -0.777. The van der Waals surface area contributed by atoms with Crippen LogP contribution in [0.5, 0.6) is 11.5 Å². The Hall–Kier alpha value is -4.58. The van der Waals surface area contributed by atoms with Crippen LogP contribution in [-0.4, -0.2) is 54.0 Å². The molecule has 2 amide bonds. The number of aromatic nitrogens is 1. The molecular weight excluding hydrogens is 610 g/mol. The number of nitrogens with one attached hydrogen (secondary N) is 2. The Bertz CT molecular complexity index is 1600. The van der Waals surface area contributed by atoms with E-state index in [1.54, 1.807) is 48.5 Å². The van der Waals surface area contributed by atoms with Crippen LogP contribution in [0.15, 0.2) is 65.8 Å². The minimum Gasteiger partial charge on any atom is -0.458 e. The second kappa shape index (κ2) is 15.1. The van der Waals surface area contributed by atoms with Crippen molar-refractivity contribution in [1.82, 2.24) is 4.98 Å². The van der Waals surface area contributed by atoms with Crippen molar-refractivity contribution in [3.05, 3.63) is 71.9 Å². The van der Waals surface area contributed by atoms with Crippen LogP contribution in [0.3, 0.4) is 0 Å². The number of benzene rings is 2. The Morgan fingerprint density at radius 3 is 2.54 bits per heavy atom. The topological polar surface area (TPSA) is 142 Å². The number of rotatable bonds is 11. The van der Waals surface area contributed by atoms with Gasteiger partial charge in [0.05, 0.1) is 22.6 Å². The fourth-order valence-electron chi connectivity index (χ4n) is 5.58. The molecule has 242 valence electrons. The third-order valence-electron chi connectivity index (χ3n) is 7.96. The van der Waals surface area contributed by atoms with Gasteiger partial charge in [-0.15, -0.1) is 0 Å². The maximum Gasteiger partial charge on any atom is 0.341 e. The van der Waals surface area contributed by atoms with E-state index in [1.165, 1.54) is 12.3 Å². The number of hydrogen-bond acceptors (Lipinski definition) is 10. The summed E-state index contributed by atoms with van der Waals surface area (Å²) in [4.78, 5) is 55.7. The summed E-state index contributed by atoms with van der Waals surface area (Å²) in [6, 6.07) is 14.7. The average Bonchev–Trinajstić information content (AvgIpc) is 3.51. The first-order valence-electron chi connectivity index (χ1n) is 15.2. The quantitative estimate of drug-likeness (QED) is 0.189. The van der Waals surface area contributed by atoms with Gasteiger partial charge >= 0.3 is 11.9 Å². The highest BCUT2D eigenvalue weighted by Crippen LogP contribution is 2.36. The van der Waals surface area contributed by atoms with Crippen molar-refractivity contribution < 1.29 is 38.1 Å². The zero-order chi connectivity index (χ0) is 32.6. The molecule has 2 aliphatic rings. The summed E-state index contributed by atoms with van der Waals surface area (Å²) in [5.41, 5.74) is 1.15. The largest absolute Gasteiger partial charge is 0.458 e. The summed E-state index contributed by atoms with van der Waals surface area (Å²) in [5, 5.41) is 5.71. The van der Waals surface area contributed by atoms with Crippen molar-refractivity contribution in [2.24, 2.45) is 17.8 Å². The average molecular weight is 648 g/mol. The molecule has 2 aromatic carbocycles. The highest BCUT2D eigenvalue weighted by Gasteiger charge is 2.34. The maximum absolute atomic E-state index is 13.2. The fraction of sp³-hybridized carbons (Fsp3) is 0.382. The number of carbonyl (C=O) groups excluding carboxylic acids is 4. The van der Waals surface area contributed by atoms with E-state index in [2.05, 4.69) is 36.4 Å². The number of esters is 2. The van der Waals surface area contributed by atoms with Gasteiger partial charge in [-0.05, 0) is 67.0 Å². The Balaban J connectivity index is 1.14. The normalized spacial score (nSPS) is 18.5. The van der Waals surface area contributed by atoms with Crippen LogP contribution in [-0.2, 0) is 19.1 Å². The Kier molecular flexibility index (Phi) is 10.8. The van der Waals surface area contributed by atoms with Crippen molar-refractivity contribution >= 4 is 46.9 Å². The summed E-state index contributed by atoms with van der Waals surface area (Å²) in [6.07, 6.45) is 4.22. The number of pyridine rings is 1. The zero-order valence-electron chi connectivity index (χ0n) is 25.9. The highest BCUT2D eigenvalue weighted by atomic mass is 32.2. The summed E-state index contributed by atoms with van der Waals surface area (Å²) < 4.78 is 21.9. The molecule has 46 heavy (non-hydrogen) atoms. The van der Waals surface area contributed by atoms with Crippen molar-refractivity contribution in [2.75, 3.05) is 29.8 Å². The number of anilines is 2. The lowest BCUT2D eigenvalue weighted by molar-refractivity contribution is -0.119. The molecule has 12 heteroatoms. The molecule has 1 saturated carbocycles.